The van der Waals surface area contributed by atoms with Crippen molar-refractivity contribution in [1.29, 1.82) is 0 Å². The Morgan fingerprint density at radius 1 is 1.21 bits per heavy atom. The summed E-state index contributed by atoms with van der Waals surface area (Å²) in [6, 6.07) is 9.41. The summed E-state index contributed by atoms with van der Waals surface area (Å²) in [5.74, 6) is -0.204. The highest BCUT2D eigenvalue weighted by molar-refractivity contribution is 6.02. The smallest absolute Gasteiger partial charge is 0.323 e. The van der Waals surface area contributed by atoms with Crippen molar-refractivity contribution in [2.24, 2.45) is 5.92 Å². The van der Waals surface area contributed by atoms with Gasteiger partial charge in [-0.05, 0) is 63.5 Å². The second-order valence-electron chi connectivity index (χ2n) is 8.68. The molecule has 3 N–H and O–H groups in total. The van der Waals surface area contributed by atoms with Gasteiger partial charge in [0, 0.05) is 30.4 Å². The number of carbonyl (C=O) groups is 2. The summed E-state index contributed by atoms with van der Waals surface area (Å²) in [5.41, 5.74) is 1.15. The lowest BCUT2D eigenvalue weighted by atomic mass is 9.99. The van der Waals surface area contributed by atoms with Crippen LogP contribution in [0, 0.1) is 11.7 Å². The van der Waals surface area contributed by atoms with Gasteiger partial charge in [0.25, 0.3) is 5.91 Å². The topological polar surface area (TPSA) is 94.1 Å². The van der Waals surface area contributed by atoms with Gasteiger partial charge >= 0.3 is 6.03 Å². The molecule has 0 aliphatic carbocycles. The highest BCUT2D eigenvalue weighted by Crippen LogP contribution is 2.30. The number of hydrogen-bond donors (Lipinski definition) is 3. The molecule has 1 aliphatic rings. The largest absolute Gasteiger partial charge is 0.488 e. The minimum absolute atomic E-state index is 0.0396. The second-order valence-corrected chi connectivity index (χ2v) is 8.68. The highest BCUT2D eigenvalue weighted by atomic mass is 19.1. The normalized spacial score (nSPS) is 19.2. The van der Waals surface area contributed by atoms with E-state index in [1.54, 1.807) is 30.0 Å². The van der Waals surface area contributed by atoms with E-state index in [0.717, 1.165) is 0 Å². The van der Waals surface area contributed by atoms with E-state index in [1.165, 1.54) is 24.3 Å². The molecule has 0 fully saturated rings. The zero-order valence-corrected chi connectivity index (χ0v) is 19.3. The van der Waals surface area contributed by atoms with Gasteiger partial charge in [-0.3, -0.25) is 4.79 Å². The van der Waals surface area contributed by atoms with E-state index >= 15 is 0 Å². The first-order valence-corrected chi connectivity index (χ1v) is 10.9. The van der Waals surface area contributed by atoms with Gasteiger partial charge in [0.15, 0.2) is 0 Å². The molecule has 2 aromatic rings. The van der Waals surface area contributed by atoms with Crippen LogP contribution in [0.1, 0.15) is 24.2 Å². The summed E-state index contributed by atoms with van der Waals surface area (Å²) >= 11 is 0. The minimum atomic E-state index is -0.527. The van der Waals surface area contributed by atoms with Crippen molar-refractivity contribution in [3.8, 4) is 5.75 Å². The first-order valence-electron chi connectivity index (χ1n) is 10.9. The Balaban J connectivity index is 1.87. The molecule has 0 aromatic heterocycles. The number of nitrogens with zero attached hydrogens (tertiary/aromatic N) is 2. The van der Waals surface area contributed by atoms with Crippen LogP contribution in [0.5, 0.6) is 5.75 Å². The van der Waals surface area contributed by atoms with Crippen LogP contribution in [-0.4, -0.2) is 72.8 Å². The monoisotopic (exact) mass is 458 g/mol. The van der Waals surface area contributed by atoms with Gasteiger partial charge in [-0.15, -0.1) is 0 Å². The molecular formula is C24H31FN4O4. The zero-order valence-electron chi connectivity index (χ0n) is 19.3. The van der Waals surface area contributed by atoms with Crippen molar-refractivity contribution in [2.45, 2.75) is 26.0 Å². The van der Waals surface area contributed by atoms with Gasteiger partial charge in [0.2, 0.25) is 0 Å². The van der Waals surface area contributed by atoms with Crippen molar-refractivity contribution in [3.05, 3.63) is 53.8 Å². The van der Waals surface area contributed by atoms with Crippen LogP contribution in [0.25, 0.3) is 0 Å². The van der Waals surface area contributed by atoms with Crippen LogP contribution in [0.15, 0.2) is 42.5 Å². The Bertz CT molecular complexity index is 983. The molecule has 1 aliphatic heterocycles. The van der Waals surface area contributed by atoms with Gasteiger partial charge in [0.05, 0.1) is 18.2 Å². The predicted octanol–water partition coefficient (Wildman–Crippen LogP) is 3.25. The number of aliphatic hydroxyl groups excluding tert-OH is 1. The molecule has 0 bridgehead atoms. The SMILES string of the molecule is C[C@@H]1CN([C@@H](C)CO)C(=O)c2cc(NC(=O)Nc3ccc(F)cc3)ccc2O[C@@H]1CN(C)C. The fourth-order valence-electron chi connectivity index (χ4n) is 3.70. The number of aliphatic hydroxyl groups is 1. The molecule has 0 unspecified atom stereocenters. The fraction of sp³-hybridized carbons (Fsp3) is 0.417. The van der Waals surface area contributed by atoms with Gasteiger partial charge < -0.3 is 30.3 Å². The molecule has 9 heteroatoms. The fourth-order valence-corrected chi connectivity index (χ4v) is 3.70. The first-order chi connectivity index (χ1) is 15.7. The predicted molar refractivity (Wildman–Crippen MR) is 125 cm³/mol. The molecule has 0 spiro atoms. The summed E-state index contributed by atoms with van der Waals surface area (Å²) in [5, 5.41) is 15.0. The third-order valence-electron chi connectivity index (χ3n) is 5.57. The Morgan fingerprint density at radius 3 is 2.48 bits per heavy atom. The summed E-state index contributed by atoms with van der Waals surface area (Å²) in [4.78, 5) is 29.5. The van der Waals surface area contributed by atoms with Crippen molar-refractivity contribution < 1.29 is 23.8 Å². The van der Waals surface area contributed by atoms with E-state index in [0.29, 0.717) is 35.8 Å². The number of ether oxygens (including phenoxy) is 1. The molecule has 33 heavy (non-hydrogen) atoms. The van der Waals surface area contributed by atoms with Crippen LogP contribution < -0.4 is 15.4 Å². The highest BCUT2D eigenvalue weighted by Gasteiger charge is 2.33. The summed E-state index contributed by atoms with van der Waals surface area (Å²) in [6.45, 7) is 4.76. The second kappa shape index (κ2) is 10.6. The van der Waals surface area contributed by atoms with E-state index in [1.807, 2.05) is 25.9 Å². The molecule has 1 heterocycles. The average Bonchev–Trinajstić information content (AvgIpc) is 2.77. The number of benzene rings is 2. The maximum absolute atomic E-state index is 13.4. The summed E-state index contributed by atoms with van der Waals surface area (Å²) < 4.78 is 19.3. The van der Waals surface area contributed by atoms with Crippen molar-refractivity contribution in [2.75, 3.05) is 44.4 Å². The van der Waals surface area contributed by atoms with Crippen molar-refractivity contribution >= 4 is 23.3 Å². The number of likely N-dealkylation sites (N-methyl/N-ethyl adjacent to an activating group) is 1. The number of hydrogen-bond acceptors (Lipinski definition) is 5. The Kier molecular flexibility index (Phi) is 7.88. The third-order valence-corrected chi connectivity index (χ3v) is 5.57. The maximum atomic E-state index is 13.4. The molecule has 0 radical (unpaired) electrons. The van der Waals surface area contributed by atoms with Gasteiger partial charge in [-0.25, -0.2) is 9.18 Å². The van der Waals surface area contributed by atoms with Gasteiger partial charge in [-0.2, -0.15) is 0 Å². The maximum Gasteiger partial charge on any atom is 0.323 e. The standard InChI is InChI=1S/C24H31FN4O4/c1-15-12-29(16(2)14-30)23(31)20-11-19(9-10-21(20)33-22(15)13-28(3)4)27-24(32)26-18-7-5-17(25)6-8-18/h5-11,15-16,22,30H,12-14H2,1-4H3,(H2,26,27,32)/t15-,16+,22-/m1/s1. The van der Waals surface area contributed by atoms with E-state index in [4.69, 9.17) is 4.74 Å². The number of halogens is 1. The van der Waals surface area contributed by atoms with Gasteiger partial charge in [-0.1, -0.05) is 6.92 Å². The quantitative estimate of drug-likeness (QED) is 0.618. The third kappa shape index (κ3) is 6.21. The van der Waals surface area contributed by atoms with E-state index in [2.05, 4.69) is 10.6 Å². The number of carbonyl (C=O) groups excluding carboxylic acids is 2. The number of nitrogens with one attached hydrogen (secondary N) is 2. The number of fused-ring (bicyclic) bond motifs is 1. The Hall–Kier alpha value is -3.17. The molecule has 0 saturated heterocycles. The lowest BCUT2D eigenvalue weighted by molar-refractivity contribution is 0.0363. The zero-order chi connectivity index (χ0) is 24.1. The molecule has 3 rings (SSSR count). The van der Waals surface area contributed by atoms with Crippen LogP contribution in [0.3, 0.4) is 0 Å². The summed E-state index contributed by atoms with van der Waals surface area (Å²) in [7, 11) is 3.92. The van der Waals surface area contributed by atoms with E-state index in [-0.39, 0.29) is 30.6 Å². The lowest BCUT2D eigenvalue weighted by Crippen LogP contribution is -2.49. The molecule has 3 amide bonds. The first kappa shape index (κ1) is 24.5. The van der Waals surface area contributed by atoms with Crippen LogP contribution >= 0.6 is 0 Å². The van der Waals surface area contributed by atoms with Crippen LogP contribution in [-0.2, 0) is 0 Å². The minimum Gasteiger partial charge on any atom is -0.488 e. The number of urea groups is 1. The van der Waals surface area contributed by atoms with Crippen molar-refractivity contribution in [3.63, 3.8) is 0 Å². The van der Waals surface area contributed by atoms with Crippen LogP contribution in [0.2, 0.25) is 0 Å². The Labute approximate surface area is 193 Å². The van der Waals surface area contributed by atoms with E-state index in [9.17, 15) is 19.1 Å². The molecule has 8 nitrogen and oxygen atoms in total. The van der Waals surface area contributed by atoms with Crippen molar-refractivity contribution in [1.82, 2.24) is 9.80 Å². The number of amides is 3. The molecule has 2 aromatic carbocycles. The average molecular weight is 459 g/mol. The van der Waals surface area contributed by atoms with Gasteiger partial charge in [0.1, 0.15) is 17.7 Å². The summed E-state index contributed by atoms with van der Waals surface area (Å²) in [6.07, 6.45) is -0.166. The lowest BCUT2D eigenvalue weighted by Gasteiger charge is -2.37. The molecule has 0 saturated carbocycles. The molecule has 3 atom stereocenters. The molecular weight excluding hydrogens is 427 g/mol. The Morgan fingerprint density at radius 2 is 1.85 bits per heavy atom. The number of rotatable bonds is 6. The van der Waals surface area contributed by atoms with Crippen LogP contribution in [0.4, 0.5) is 20.6 Å². The molecule has 178 valence electrons. The number of anilines is 2. The van der Waals surface area contributed by atoms with E-state index < -0.39 is 11.8 Å².